The van der Waals surface area contributed by atoms with Gasteiger partial charge in [-0.1, -0.05) is 104 Å². The fraction of sp³-hybridized carbons (Fsp3) is 0.825. The molecule has 22 nitrogen and oxygen atoms in total. The first-order chi connectivity index (χ1) is 39.2. The Bertz CT molecular complexity index is 2330. The standard InChI is InChI=1S/C63H113N11O11/c1-26-44-59(81)68(19)43(17)58(80)69(20)46(30-35(4)5)55(77)66-50(38(10)11)62(84)70(21)45(29-34(2)3)54(76)64-42(16)49(75)33-41(15)57(79)71(22)47(31-36(6)7)60(82)72(23)48(32-37(8)9)61(83)73(24)51(39(12)13)63(85)74(25)53(56(78)65-44)52-40(14)27-28-67(52)18/h34-48,50-53H,26-33H2,1-25H3,(H,64,76)(H,65,78)(H,66,77)/t40-,41-,42-,43-,44-,45-,46+,47-,48-,50-,51-,52+,53+/m1/s1. The first-order valence-electron chi connectivity index (χ1n) is 31.2. The number of amides is 10. The van der Waals surface area contributed by atoms with Crippen molar-refractivity contribution >= 4 is 64.9 Å². The van der Waals surface area contributed by atoms with E-state index < -0.39 is 149 Å². The highest BCUT2D eigenvalue weighted by atomic mass is 16.2. The van der Waals surface area contributed by atoms with E-state index in [9.17, 15) is 33.6 Å². The Kier molecular flexibility index (Phi) is 29.2. The Labute approximate surface area is 510 Å². The Morgan fingerprint density at radius 2 is 0.859 bits per heavy atom. The Morgan fingerprint density at radius 3 is 1.28 bits per heavy atom. The molecule has 2 aliphatic rings. The average Bonchev–Trinajstić information content (AvgIpc) is 3.33. The van der Waals surface area contributed by atoms with Gasteiger partial charge in [0.2, 0.25) is 59.1 Å². The number of likely N-dealkylation sites (tertiary alicyclic amines) is 1. The van der Waals surface area contributed by atoms with Crippen LogP contribution in [0, 0.1) is 47.3 Å². The molecule has 0 bridgehead atoms. The summed E-state index contributed by atoms with van der Waals surface area (Å²) in [4.78, 5) is 173. The second-order valence-electron chi connectivity index (χ2n) is 27.3. The van der Waals surface area contributed by atoms with Crippen LogP contribution in [0.5, 0.6) is 0 Å². The minimum Gasteiger partial charge on any atom is -0.345 e. The molecule has 0 aromatic carbocycles. The minimum atomic E-state index is -1.16. The molecule has 2 fully saturated rings. The summed E-state index contributed by atoms with van der Waals surface area (Å²) in [5, 5.41) is 8.63. The van der Waals surface area contributed by atoms with Gasteiger partial charge in [0.05, 0.1) is 6.04 Å². The van der Waals surface area contributed by atoms with Crippen molar-refractivity contribution in [2.45, 2.75) is 229 Å². The van der Waals surface area contributed by atoms with Crippen molar-refractivity contribution in [3.63, 3.8) is 0 Å². The van der Waals surface area contributed by atoms with Crippen molar-refractivity contribution in [3.05, 3.63) is 0 Å². The van der Waals surface area contributed by atoms with E-state index in [4.69, 9.17) is 0 Å². The highest BCUT2D eigenvalue weighted by molar-refractivity contribution is 6.00. The van der Waals surface area contributed by atoms with E-state index >= 15 is 19.2 Å². The van der Waals surface area contributed by atoms with Crippen molar-refractivity contribution in [1.82, 2.24) is 55.1 Å². The molecule has 22 heteroatoms. The van der Waals surface area contributed by atoms with Gasteiger partial charge in [-0.25, -0.2) is 0 Å². The molecule has 0 aliphatic carbocycles. The highest BCUT2D eigenvalue weighted by Crippen LogP contribution is 2.30. The molecule has 2 heterocycles. The third kappa shape index (κ3) is 19.4. The van der Waals surface area contributed by atoms with Crippen LogP contribution in [-0.4, -0.2) is 233 Å². The maximum Gasteiger partial charge on any atom is 0.246 e. The SMILES string of the molecule is CC[C@H]1NC(=O)[C@H]([C@@H]2[C@H](C)CCN2C)N(C)C(=O)[C@@H](C(C)C)N(C)C(=O)[C@@H](CC(C)C)N(C)C(=O)[C@@H](CC(C)C)N(C)C(=O)[C@H](C)CC(=O)[C@@H](C)NC(=O)[C@@H](CC(C)C)N(C)C(=O)[C@@H](C(C)C)NC(=O)[C@H](CC(C)C)N(C)C(=O)[C@@H](C)N(C)C1=O. The van der Waals surface area contributed by atoms with Gasteiger partial charge in [-0.15, -0.1) is 0 Å². The summed E-state index contributed by atoms with van der Waals surface area (Å²) in [7, 11) is 12.3. The zero-order valence-corrected chi connectivity index (χ0v) is 56.7. The van der Waals surface area contributed by atoms with Crippen molar-refractivity contribution in [2.24, 2.45) is 47.3 Å². The Balaban J connectivity index is 2.98. The van der Waals surface area contributed by atoms with Crippen molar-refractivity contribution < 1.29 is 52.7 Å². The van der Waals surface area contributed by atoms with E-state index in [1.54, 1.807) is 41.5 Å². The second kappa shape index (κ2) is 32.9. The first-order valence-corrected chi connectivity index (χ1v) is 31.2. The van der Waals surface area contributed by atoms with Gasteiger partial charge >= 0.3 is 0 Å². The maximum absolute atomic E-state index is 15.3. The fourth-order valence-electron chi connectivity index (χ4n) is 12.0. The molecular weight excluding hydrogens is 1090 g/mol. The van der Waals surface area contributed by atoms with Crippen LogP contribution in [0.1, 0.15) is 163 Å². The summed E-state index contributed by atoms with van der Waals surface area (Å²) in [5.74, 6) is -8.64. The van der Waals surface area contributed by atoms with Crippen LogP contribution in [0.4, 0.5) is 0 Å². The average molecular weight is 1200 g/mol. The lowest BCUT2D eigenvalue weighted by atomic mass is 9.91. The molecule has 0 aromatic rings. The number of Topliss-reactive ketones (excluding diaryl/α,β-unsaturated/α-hetero) is 1. The zero-order valence-electron chi connectivity index (χ0n) is 56.7. The molecule has 2 saturated heterocycles. The van der Waals surface area contributed by atoms with Crippen LogP contribution >= 0.6 is 0 Å². The fourth-order valence-corrected chi connectivity index (χ4v) is 12.0. The molecule has 2 aliphatic heterocycles. The van der Waals surface area contributed by atoms with Crippen LogP contribution in [0.15, 0.2) is 0 Å². The summed E-state index contributed by atoms with van der Waals surface area (Å²) in [6.45, 7) is 31.2. The predicted molar refractivity (Wildman–Crippen MR) is 330 cm³/mol. The normalized spacial score (nSPS) is 29.9. The molecule has 0 saturated carbocycles. The first kappa shape index (κ1) is 75.4. The molecule has 0 radical (unpaired) electrons. The van der Waals surface area contributed by atoms with Gasteiger partial charge in [0, 0.05) is 67.7 Å². The van der Waals surface area contributed by atoms with Gasteiger partial charge in [-0.2, -0.15) is 0 Å². The zero-order chi connectivity index (χ0) is 65.7. The molecule has 2 rings (SSSR count). The lowest BCUT2D eigenvalue weighted by Crippen LogP contribution is -2.64. The van der Waals surface area contributed by atoms with Gasteiger partial charge in [0.1, 0.15) is 54.4 Å². The number of likely N-dealkylation sites (N-methyl/N-ethyl adjacent to an activating group) is 8. The van der Waals surface area contributed by atoms with E-state index in [2.05, 4.69) is 16.0 Å². The molecule has 0 unspecified atom stereocenters. The maximum atomic E-state index is 15.3. The third-order valence-electron chi connectivity index (χ3n) is 17.6. The molecule has 0 spiro atoms. The second-order valence-corrected chi connectivity index (χ2v) is 27.3. The Morgan fingerprint density at radius 1 is 0.435 bits per heavy atom. The summed E-state index contributed by atoms with van der Waals surface area (Å²) >= 11 is 0. The number of ketones is 1. The Hall–Kier alpha value is -5.67. The smallest absolute Gasteiger partial charge is 0.246 e. The van der Waals surface area contributed by atoms with Crippen LogP contribution in [0.2, 0.25) is 0 Å². The van der Waals surface area contributed by atoms with Crippen LogP contribution in [-0.2, 0) is 52.7 Å². The van der Waals surface area contributed by atoms with Crippen molar-refractivity contribution in [2.75, 3.05) is 62.9 Å². The number of hydrogen-bond acceptors (Lipinski definition) is 12. The van der Waals surface area contributed by atoms with Crippen molar-refractivity contribution in [3.8, 4) is 0 Å². The quantitative estimate of drug-likeness (QED) is 0.250. The monoisotopic (exact) mass is 1200 g/mol. The van der Waals surface area contributed by atoms with Gasteiger partial charge in [-0.05, 0) is 107 Å². The van der Waals surface area contributed by atoms with Gasteiger partial charge in [0.15, 0.2) is 5.78 Å². The predicted octanol–water partition coefficient (Wildman–Crippen LogP) is 4.13. The lowest BCUT2D eigenvalue weighted by Gasteiger charge is -2.42. The van der Waals surface area contributed by atoms with E-state index in [-0.39, 0.29) is 68.1 Å². The molecule has 0 aromatic heterocycles. The van der Waals surface area contributed by atoms with Gasteiger partial charge < -0.3 is 55.1 Å². The number of nitrogens with zero attached hydrogens (tertiary/aromatic N) is 8. The van der Waals surface area contributed by atoms with E-state index in [0.29, 0.717) is 6.54 Å². The van der Waals surface area contributed by atoms with Gasteiger partial charge in [-0.3, -0.25) is 52.7 Å². The minimum absolute atomic E-state index is 0.0828. The number of nitrogens with one attached hydrogen (secondary N) is 3. The molecule has 13 atom stereocenters. The number of rotatable bonds is 12. The van der Waals surface area contributed by atoms with Crippen LogP contribution < -0.4 is 16.0 Å². The summed E-state index contributed by atoms with van der Waals surface area (Å²) in [5.41, 5.74) is 0. The number of carbonyl (C=O) groups is 11. The largest absolute Gasteiger partial charge is 0.345 e. The number of carbonyl (C=O) groups excluding carboxylic acids is 11. The third-order valence-corrected chi connectivity index (χ3v) is 17.6. The van der Waals surface area contributed by atoms with Crippen LogP contribution in [0.25, 0.3) is 0 Å². The molecule has 486 valence electrons. The summed E-state index contributed by atoms with van der Waals surface area (Å²) in [6.07, 6.45) is 1.31. The van der Waals surface area contributed by atoms with E-state index in [0.717, 1.165) is 6.42 Å². The number of hydrogen-bond donors (Lipinski definition) is 3. The van der Waals surface area contributed by atoms with Crippen molar-refractivity contribution in [1.29, 1.82) is 0 Å². The summed E-state index contributed by atoms with van der Waals surface area (Å²) < 4.78 is 0. The highest BCUT2D eigenvalue weighted by Gasteiger charge is 2.48. The molecule has 85 heavy (non-hydrogen) atoms. The summed E-state index contributed by atoms with van der Waals surface area (Å²) in [6, 6.07) is -11.7. The molecule has 10 amide bonds. The topological polar surface area (TPSA) is 250 Å². The van der Waals surface area contributed by atoms with E-state index in [1.807, 2.05) is 74.3 Å². The van der Waals surface area contributed by atoms with Crippen LogP contribution in [0.3, 0.4) is 0 Å². The van der Waals surface area contributed by atoms with Gasteiger partial charge in [0.25, 0.3) is 0 Å². The molecular formula is C63H113N11O11. The van der Waals surface area contributed by atoms with E-state index in [1.165, 1.54) is 97.5 Å². The lowest BCUT2D eigenvalue weighted by molar-refractivity contribution is -0.156. The molecule has 3 N–H and O–H groups in total.